The molecule has 2 aliphatic heterocycles. The molecule has 2 aliphatic rings. The van der Waals surface area contributed by atoms with Crippen molar-refractivity contribution in [1.82, 2.24) is 14.7 Å². The van der Waals surface area contributed by atoms with Gasteiger partial charge in [-0.1, -0.05) is 23.7 Å². The van der Waals surface area contributed by atoms with Gasteiger partial charge in [-0.05, 0) is 30.5 Å². The molecule has 3 amide bonds. The van der Waals surface area contributed by atoms with Crippen LogP contribution >= 0.6 is 11.6 Å². The Balaban J connectivity index is 1.61. The van der Waals surface area contributed by atoms with E-state index in [1.54, 1.807) is 16.7 Å². The summed E-state index contributed by atoms with van der Waals surface area (Å²) >= 11 is 5.92. The normalized spacial score (nSPS) is 21.2. The van der Waals surface area contributed by atoms with E-state index in [2.05, 4.69) is 0 Å². The molecule has 27 heavy (non-hydrogen) atoms. The van der Waals surface area contributed by atoms with Crippen LogP contribution in [0.25, 0.3) is 0 Å². The molecular weight excluding hydrogens is 366 g/mol. The maximum absolute atomic E-state index is 13.0. The monoisotopic (exact) mass is 391 g/mol. The second kappa shape index (κ2) is 8.74. The van der Waals surface area contributed by atoms with Gasteiger partial charge in [0.1, 0.15) is 0 Å². The Morgan fingerprint density at radius 3 is 2.44 bits per heavy atom. The van der Waals surface area contributed by atoms with Crippen LogP contribution in [0.3, 0.4) is 0 Å². The highest BCUT2D eigenvalue weighted by Gasteiger charge is 2.33. The van der Waals surface area contributed by atoms with Gasteiger partial charge >= 0.3 is 0 Å². The summed E-state index contributed by atoms with van der Waals surface area (Å²) in [7, 11) is 0. The number of benzene rings is 1. The van der Waals surface area contributed by atoms with Crippen LogP contribution in [0.2, 0.25) is 5.02 Å². The van der Waals surface area contributed by atoms with E-state index < -0.39 is 0 Å². The van der Waals surface area contributed by atoms with Crippen molar-refractivity contribution in [2.75, 3.05) is 32.7 Å². The topological polar surface area (TPSA) is 60.9 Å². The number of halogens is 1. The van der Waals surface area contributed by atoms with Crippen molar-refractivity contribution in [3.8, 4) is 0 Å². The number of piperidine rings is 1. The molecule has 0 aromatic heterocycles. The molecule has 6 nitrogen and oxygen atoms in total. The highest BCUT2D eigenvalue weighted by molar-refractivity contribution is 6.30. The minimum atomic E-state index is -0.168. The Bertz CT molecular complexity index is 707. The lowest BCUT2D eigenvalue weighted by molar-refractivity contribution is -0.143. The number of carbonyl (C=O) groups is 3. The van der Waals surface area contributed by atoms with Crippen LogP contribution in [0.5, 0.6) is 0 Å². The third kappa shape index (κ3) is 5.01. The quantitative estimate of drug-likeness (QED) is 0.793. The van der Waals surface area contributed by atoms with Crippen molar-refractivity contribution in [3.05, 3.63) is 34.9 Å². The number of hydrogen-bond acceptors (Lipinski definition) is 3. The van der Waals surface area contributed by atoms with E-state index in [9.17, 15) is 14.4 Å². The molecular formula is C20H26ClN3O3. The maximum Gasteiger partial charge on any atom is 0.227 e. The second-order valence-corrected chi connectivity index (χ2v) is 7.76. The molecule has 7 heteroatoms. The molecule has 0 radical (unpaired) electrons. The fraction of sp³-hybridized carbons (Fsp3) is 0.550. The molecule has 1 aromatic carbocycles. The number of carbonyl (C=O) groups excluding carboxylic acids is 3. The third-order valence-corrected chi connectivity index (χ3v) is 5.64. The van der Waals surface area contributed by atoms with Crippen LogP contribution < -0.4 is 0 Å². The van der Waals surface area contributed by atoms with Gasteiger partial charge in [0.05, 0.1) is 5.92 Å². The molecule has 1 aromatic rings. The highest BCUT2D eigenvalue weighted by Crippen LogP contribution is 2.23. The molecule has 0 saturated carbocycles. The maximum atomic E-state index is 13.0. The van der Waals surface area contributed by atoms with Crippen LogP contribution in [-0.4, -0.2) is 65.1 Å². The SMILES string of the molecule is CC(=O)N1CCCN(C(=O)C2CCC(=O)N(Cc3ccc(Cl)cc3)C2)CC1. The zero-order valence-electron chi connectivity index (χ0n) is 15.7. The van der Waals surface area contributed by atoms with E-state index >= 15 is 0 Å². The van der Waals surface area contributed by atoms with Gasteiger partial charge in [0, 0.05) is 57.6 Å². The number of rotatable bonds is 3. The van der Waals surface area contributed by atoms with Crippen LogP contribution in [-0.2, 0) is 20.9 Å². The summed E-state index contributed by atoms with van der Waals surface area (Å²) in [6.45, 7) is 5.04. The summed E-state index contributed by atoms with van der Waals surface area (Å²) in [6.07, 6.45) is 1.80. The van der Waals surface area contributed by atoms with Gasteiger partial charge < -0.3 is 14.7 Å². The van der Waals surface area contributed by atoms with Crippen molar-refractivity contribution in [3.63, 3.8) is 0 Å². The third-order valence-electron chi connectivity index (χ3n) is 5.39. The van der Waals surface area contributed by atoms with Gasteiger partial charge in [-0.15, -0.1) is 0 Å². The van der Waals surface area contributed by atoms with E-state index in [-0.39, 0.29) is 23.6 Å². The zero-order valence-corrected chi connectivity index (χ0v) is 16.5. The molecule has 2 fully saturated rings. The molecule has 2 saturated heterocycles. The van der Waals surface area contributed by atoms with E-state index in [0.29, 0.717) is 57.1 Å². The molecule has 146 valence electrons. The average Bonchev–Trinajstić information content (AvgIpc) is 2.91. The van der Waals surface area contributed by atoms with Crippen LogP contribution in [0.1, 0.15) is 31.7 Å². The lowest BCUT2D eigenvalue weighted by atomic mass is 9.95. The van der Waals surface area contributed by atoms with Gasteiger partial charge in [-0.3, -0.25) is 14.4 Å². The van der Waals surface area contributed by atoms with E-state index in [1.807, 2.05) is 29.2 Å². The molecule has 3 rings (SSSR count). The van der Waals surface area contributed by atoms with Crippen molar-refractivity contribution >= 4 is 29.3 Å². The summed E-state index contributed by atoms with van der Waals surface area (Å²) < 4.78 is 0. The minimum absolute atomic E-state index is 0.0571. The summed E-state index contributed by atoms with van der Waals surface area (Å²) in [5.74, 6) is 0.0854. The molecule has 0 bridgehead atoms. The average molecular weight is 392 g/mol. The fourth-order valence-corrected chi connectivity index (χ4v) is 3.92. The highest BCUT2D eigenvalue weighted by atomic mass is 35.5. The van der Waals surface area contributed by atoms with Gasteiger partial charge in [-0.2, -0.15) is 0 Å². The van der Waals surface area contributed by atoms with Gasteiger partial charge in [0.2, 0.25) is 17.7 Å². The first-order valence-electron chi connectivity index (χ1n) is 9.50. The Morgan fingerprint density at radius 2 is 1.74 bits per heavy atom. The Labute approximate surface area is 165 Å². The summed E-state index contributed by atoms with van der Waals surface area (Å²) in [5, 5.41) is 0.664. The zero-order chi connectivity index (χ0) is 19.4. The molecule has 2 heterocycles. The van der Waals surface area contributed by atoms with Crippen LogP contribution in [0.15, 0.2) is 24.3 Å². The van der Waals surface area contributed by atoms with Crippen LogP contribution in [0.4, 0.5) is 0 Å². The smallest absolute Gasteiger partial charge is 0.227 e. The van der Waals surface area contributed by atoms with Crippen molar-refractivity contribution < 1.29 is 14.4 Å². The number of nitrogens with zero attached hydrogens (tertiary/aromatic N) is 3. The number of likely N-dealkylation sites (tertiary alicyclic amines) is 1. The summed E-state index contributed by atoms with van der Waals surface area (Å²) in [4.78, 5) is 42.3. The first-order valence-corrected chi connectivity index (χ1v) is 9.88. The van der Waals surface area contributed by atoms with Gasteiger partial charge in [0.25, 0.3) is 0 Å². The minimum Gasteiger partial charge on any atom is -0.341 e. The number of amides is 3. The van der Waals surface area contributed by atoms with E-state index in [1.165, 1.54) is 0 Å². The summed E-state index contributed by atoms with van der Waals surface area (Å²) in [5.41, 5.74) is 1.01. The number of hydrogen-bond donors (Lipinski definition) is 0. The van der Waals surface area contributed by atoms with E-state index in [0.717, 1.165) is 12.0 Å². The standard InChI is InChI=1S/C20H26ClN3O3/c1-15(25)22-9-2-10-23(12-11-22)20(27)17-5-8-19(26)24(14-17)13-16-3-6-18(21)7-4-16/h3-4,6-7,17H,2,5,8-14H2,1H3. The predicted molar refractivity (Wildman–Crippen MR) is 103 cm³/mol. The lowest BCUT2D eigenvalue weighted by Crippen LogP contribution is -2.47. The first kappa shape index (κ1) is 19.7. The molecule has 1 unspecified atom stereocenters. The molecule has 0 spiro atoms. The summed E-state index contributed by atoms with van der Waals surface area (Å²) in [6, 6.07) is 7.44. The van der Waals surface area contributed by atoms with Crippen molar-refractivity contribution in [1.29, 1.82) is 0 Å². The fourth-order valence-electron chi connectivity index (χ4n) is 3.79. The largest absolute Gasteiger partial charge is 0.341 e. The van der Waals surface area contributed by atoms with Gasteiger partial charge in [0.15, 0.2) is 0 Å². The van der Waals surface area contributed by atoms with Crippen molar-refractivity contribution in [2.24, 2.45) is 5.92 Å². The second-order valence-electron chi connectivity index (χ2n) is 7.32. The van der Waals surface area contributed by atoms with Crippen LogP contribution in [0, 0.1) is 5.92 Å². The lowest BCUT2D eigenvalue weighted by Gasteiger charge is -2.34. The Kier molecular flexibility index (Phi) is 6.37. The molecule has 1 atom stereocenters. The predicted octanol–water partition coefficient (Wildman–Crippen LogP) is 2.16. The Hall–Kier alpha value is -2.08. The first-order chi connectivity index (χ1) is 12.9. The van der Waals surface area contributed by atoms with E-state index in [4.69, 9.17) is 11.6 Å². The Morgan fingerprint density at radius 1 is 1.07 bits per heavy atom. The molecule has 0 aliphatic carbocycles. The van der Waals surface area contributed by atoms with Crippen molar-refractivity contribution in [2.45, 2.75) is 32.7 Å². The molecule has 0 N–H and O–H groups in total. The van der Waals surface area contributed by atoms with Gasteiger partial charge in [-0.25, -0.2) is 0 Å².